The van der Waals surface area contributed by atoms with E-state index in [4.69, 9.17) is 15.2 Å². The zero-order valence-corrected chi connectivity index (χ0v) is 13.6. The molecule has 4 nitrogen and oxygen atoms in total. The molecule has 1 aromatic rings. The van der Waals surface area contributed by atoms with Gasteiger partial charge in [0.15, 0.2) is 5.82 Å². The topological polar surface area (TPSA) is 64.9 Å². The molecule has 0 bridgehead atoms. The van der Waals surface area contributed by atoms with E-state index in [1.165, 1.54) is 17.9 Å². The van der Waals surface area contributed by atoms with Crippen molar-refractivity contribution in [2.75, 3.05) is 11.5 Å². The minimum atomic E-state index is 0.364. The van der Waals surface area contributed by atoms with Gasteiger partial charge in [-0.1, -0.05) is 12.1 Å². The van der Waals surface area contributed by atoms with Gasteiger partial charge in [-0.2, -0.15) is 16.7 Å². The number of thioether (sulfide) groups is 2. The highest BCUT2D eigenvalue weighted by molar-refractivity contribution is 8.06. The first kappa shape index (κ1) is 14.7. The van der Waals surface area contributed by atoms with E-state index < -0.39 is 0 Å². The molecule has 2 N–H and O–H groups in total. The van der Waals surface area contributed by atoms with Crippen molar-refractivity contribution in [2.24, 2.45) is 5.73 Å². The molecule has 2 fully saturated rings. The van der Waals surface area contributed by atoms with Crippen LogP contribution in [0.1, 0.15) is 61.9 Å². The molecule has 0 amide bonds. The maximum Gasteiger partial charge on any atom is 0.229 e. The summed E-state index contributed by atoms with van der Waals surface area (Å²) in [5.41, 5.74) is 5.96. The molecule has 1 aliphatic heterocycles. The van der Waals surface area contributed by atoms with Gasteiger partial charge in [0.1, 0.15) is 0 Å². The summed E-state index contributed by atoms with van der Waals surface area (Å²) in [6.07, 6.45) is 5.51. The van der Waals surface area contributed by atoms with Gasteiger partial charge in [-0.15, -0.1) is 11.8 Å². The number of hydrogen-bond donors (Lipinski definition) is 1. The van der Waals surface area contributed by atoms with Gasteiger partial charge in [0.2, 0.25) is 5.89 Å². The van der Waals surface area contributed by atoms with Crippen LogP contribution in [0.3, 0.4) is 0 Å². The van der Waals surface area contributed by atoms with Crippen LogP contribution in [0.5, 0.6) is 0 Å². The van der Waals surface area contributed by atoms with Crippen molar-refractivity contribution < 1.29 is 4.52 Å². The molecule has 1 saturated carbocycles. The summed E-state index contributed by atoms with van der Waals surface area (Å²) < 4.78 is 5.56. The number of aromatic nitrogens is 2. The summed E-state index contributed by atoms with van der Waals surface area (Å²) in [6.45, 7) is 2.25. The molecule has 112 valence electrons. The van der Waals surface area contributed by atoms with Crippen LogP contribution in [-0.2, 0) is 0 Å². The first-order valence-corrected chi connectivity index (χ1v) is 9.70. The second-order valence-electron chi connectivity index (χ2n) is 5.71. The lowest BCUT2D eigenvalue weighted by Crippen LogP contribution is -2.25. The molecule has 2 unspecified atom stereocenters. The van der Waals surface area contributed by atoms with Crippen molar-refractivity contribution in [3.63, 3.8) is 0 Å². The van der Waals surface area contributed by atoms with E-state index in [1.54, 1.807) is 0 Å². The molecule has 20 heavy (non-hydrogen) atoms. The highest BCUT2D eigenvalue weighted by atomic mass is 32.2. The third-order valence-electron chi connectivity index (χ3n) is 4.29. The maximum atomic E-state index is 5.96. The summed E-state index contributed by atoms with van der Waals surface area (Å²) in [5.74, 6) is 4.62. The predicted octanol–water partition coefficient (Wildman–Crippen LogP) is 3.35. The lowest BCUT2D eigenvalue weighted by Gasteiger charge is -2.27. The first-order chi connectivity index (χ1) is 9.78. The van der Waals surface area contributed by atoms with Gasteiger partial charge in [-0.3, -0.25) is 0 Å². The normalized spacial score (nSPS) is 35.1. The Hall–Kier alpha value is -0.200. The van der Waals surface area contributed by atoms with Crippen molar-refractivity contribution in [1.29, 1.82) is 0 Å². The van der Waals surface area contributed by atoms with Gasteiger partial charge in [-0.25, -0.2) is 0 Å². The predicted molar refractivity (Wildman–Crippen MR) is 85.2 cm³/mol. The van der Waals surface area contributed by atoms with Gasteiger partial charge in [0.05, 0.1) is 5.25 Å². The summed E-state index contributed by atoms with van der Waals surface area (Å²) in [5, 5.41) is 5.31. The Balaban J connectivity index is 1.69. The minimum absolute atomic E-state index is 0.364. The van der Waals surface area contributed by atoms with Crippen LogP contribution in [0.4, 0.5) is 0 Å². The van der Waals surface area contributed by atoms with E-state index in [-0.39, 0.29) is 0 Å². The summed E-state index contributed by atoms with van der Waals surface area (Å²) in [4.78, 5) is 4.73. The molecule has 2 aliphatic rings. The molecule has 2 heterocycles. The van der Waals surface area contributed by atoms with E-state index in [0.717, 1.165) is 37.4 Å². The highest BCUT2D eigenvalue weighted by Crippen LogP contribution is 2.43. The molecular formula is C14H23N3OS2. The fourth-order valence-electron chi connectivity index (χ4n) is 3.04. The van der Waals surface area contributed by atoms with Gasteiger partial charge >= 0.3 is 0 Å². The van der Waals surface area contributed by atoms with Gasteiger partial charge in [0.25, 0.3) is 0 Å². The Morgan fingerprint density at radius 1 is 1.20 bits per heavy atom. The van der Waals surface area contributed by atoms with Crippen LogP contribution in [-0.4, -0.2) is 32.9 Å². The summed E-state index contributed by atoms with van der Waals surface area (Å²) in [7, 11) is 0. The van der Waals surface area contributed by atoms with E-state index in [9.17, 15) is 0 Å². The molecule has 3 rings (SSSR count). The molecular weight excluding hydrogens is 290 g/mol. The van der Waals surface area contributed by atoms with Gasteiger partial charge < -0.3 is 10.3 Å². The Morgan fingerprint density at radius 2 is 1.95 bits per heavy atom. The van der Waals surface area contributed by atoms with E-state index in [1.807, 2.05) is 11.8 Å². The van der Waals surface area contributed by atoms with Crippen LogP contribution in [0.25, 0.3) is 0 Å². The average molecular weight is 313 g/mol. The summed E-state index contributed by atoms with van der Waals surface area (Å²) >= 11 is 4.04. The highest BCUT2D eigenvalue weighted by Gasteiger charge is 2.32. The molecule has 0 spiro atoms. The van der Waals surface area contributed by atoms with E-state index >= 15 is 0 Å². The third-order valence-corrected chi connectivity index (χ3v) is 7.53. The smallest absolute Gasteiger partial charge is 0.229 e. The Morgan fingerprint density at radius 3 is 2.70 bits per heavy atom. The van der Waals surface area contributed by atoms with Crippen LogP contribution >= 0.6 is 23.5 Å². The lowest BCUT2D eigenvalue weighted by atomic mass is 9.86. The molecule has 1 saturated heterocycles. The third kappa shape index (κ3) is 3.17. The molecule has 2 atom stereocenters. The van der Waals surface area contributed by atoms with Gasteiger partial charge in [-0.05, 0) is 32.1 Å². The average Bonchev–Trinajstić information content (AvgIpc) is 2.97. The fraction of sp³-hybridized carbons (Fsp3) is 0.857. The molecule has 6 heteroatoms. The first-order valence-electron chi connectivity index (χ1n) is 7.60. The van der Waals surface area contributed by atoms with Crippen molar-refractivity contribution in [2.45, 2.75) is 61.5 Å². The maximum absolute atomic E-state index is 5.96. The van der Waals surface area contributed by atoms with Crippen molar-refractivity contribution >= 4 is 23.5 Å². The zero-order chi connectivity index (χ0) is 13.9. The van der Waals surface area contributed by atoms with Crippen LogP contribution in [0.2, 0.25) is 0 Å². The van der Waals surface area contributed by atoms with Crippen molar-refractivity contribution in [3.8, 4) is 0 Å². The second kappa shape index (κ2) is 6.71. The molecule has 1 aromatic heterocycles. The fourth-order valence-corrected chi connectivity index (χ4v) is 6.02. The molecule has 0 aromatic carbocycles. The number of nitrogens with two attached hydrogens (primary N) is 1. The monoisotopic (exact) mass is 313 g/mol. The largest absolute Gasteiger partial charge is 0.339 e. The minimum Gasteiger partial charge on any atom is -0.339 e. The van der Waals surface area contributed by atoms with Crippen molar-refractivity contribution in [1.82, 2.24) is 10.1 Å². The number of nitrogens with zero attached hydrogens (tertiary/aromatic N) is 2. The lowest BCUT2D eigenvalue weighted by molar-refractivity contribution is 0.299. The number of rotatable bonds is 3. The van der Waals surface area contributed by atoms with Gasteiger partial charge in [0, 0.05) is 28.7 Å². The van der Waals surface area contributed by atoms with Crippen LogP contribution in [0.15, 0.2) is 4.52 Å². The Bertz CT molecular complexity index is 432. The van der Waals surface area contributed by atoms with E-state index in [0.29, 0.717) is 22.5 Å². The SMILES string of the molecule is CCC1SCCSC1c1noc(C2CCC(N)CC2)n1. The van der Waals surface area contributed by atoms with Crippen molar-refractivity contribution in [3.05, 3.63) is 11.7 Å². The second-order valence-corrected chi connectivity index (χ2v) is 8.31. The Labute approximate surface area is 129 Å². The van der Waals surface area contributed by atoms with Crippen LogP contribution in [0, 0.1) is 0 Å². The molecule has 0 radical (unpaired) electrons. The van der Waals surface area contributed by atoms with E-state index in [2.05, 4.69) is 23.8 Å². The Kier molecular flexibility index (Phi) is 4.94. The molecule has 1 aliphatic carbocycles. The quantitative estimate of drug-likeness (QED) is 0.923. The summed E-state index contributed by atoms with van der Waals surface area (Å²) in [6, 6.07) is 0.364. The standard InChI is InChI=1S/C14H23N3OS2/c1-2-11-12(20-8-7-19-11)13-16-14(18-17-13)9-3-5-10(15)6-4-9/h9-12H,2-8,15H2,1H3. The number of hydrogen-bond acceptors (Lipinski definition) is 6. The zero-order valence-electron chi connectivity index (χ0n) is 12.0. The van der Waals surface area contributed by atoms with Crippen LogP contribution < -0.4 is 5.73 Å².